The molecule has 0 saturated carbocycles. The van der Waals surface area contributed by atoms with E-state index in [9.17, 15) is 0 Å². The molecule has 0 saturated heterocycles. The first-order valence-corrected chi connectivity index (χ1v) is 5.46. The van der Waals surface area contributed by atoms with Crippen molar-refractivity contribution in [1.82, 2.24) is 15.1 Å². The van der Waals surface area contributed by atoms with Crippen LogP contribution in [-0.2, 0) is 7.05 Å². The SMILES string of the molecule is CC(N[C@@H](C)c1ccco1)c1ccnn1C. The van der Waals surface area contributed by atoms with E-state index in [1.54, 1.807) is 6.26 Å². The summed E-state index contributed by atoms with van der Waals surface area (Å²) in [5, 5.41) is 7.63. The maximum Gasteiger partial charge on any atom is 0.120 e. The minimum absolute atomic E-state index is 0.194. The zero-order chi connectivity index (χ0) is 11.5. The van der Waals surface area contributed by atoms with E-state index in [0.717, 1.165) is 5.76 Å². The second-order valence-corrected chi connectivity index (χ2v) is 4.01. The quantitative estimate of drug-likeness (QED) is 0.858. The highest BCUT2D eigenvalue weighted by atomic mass is 16.3. The van der Waals surface area contributed by atoms with Crippen LogP contribution in [0.3, 0.4) is 0 Å². The molecular weight excluding hydrogens is 202 g/mol. The van der Waals surface area contributed by atoms with Crippen LogP contribution in [0.2, 0.25) is 0 Å². The summed E-state index contributed by atoms with van der Waals surface area (Å²) < 4.78 is 7.24. The lowest BCUT2D eigenvalue weighted by Gasteiger charge is -2.18. The Morgan fingerprint density at radius 1 is 1.31 bits per heavy atom. The predicted molar refractivity (Wildman–Crippen MR) is 61.9 cm³/mol. The summed E-state index contributed by atoms with van der Waals surface area (Å²) in [6, 6.07) is 6.34. The average Bonchev–Trinajstić information content (AvgIpc) is 2.86. The molecule has 0 fully saturated rings. The fourth-order valence-electron chi connectivity index (χ4n) is 1.89. The fourth-order valence-corrected chi connectivity index (χ4v) is 1.89. The predicted octanol–water partition coefficient (Wildman–Crippen LogP) is 2.42. The molecule has 2 aromatic heterocycles. The summed E-state index contributed by atoms with van der Waals surface area (Å²) in [5.74, 6) is 0.953. The third kappa shape index (κ3) is 2.17. The van der Waals surface area contributed by atoms with Crippen LogP contribution in [0.5, 0.6) is 0 Å². The molecule has 1 unspecified atom stereocenters. The summed E-state index contributed by atoms with van der Waals surface area (Å²) in [7, 11) is 1.95. The van der Waals surface area contributed by atoms with Gasteiger partial charge in [-0.1, -0.05) is 0 Å². The largest absolute Gasteiger partial charge is 0.468 e. The molecule has 2 rings (SSSR count). The van der Waals surface area contributed by atoms with Crippen molar-refractivity contribution in [2.45, 2.75) is 25.9 Å². The van der Waals surface area contributed by atoms with E-state index in [4.69, 9.17) is 4.42 Å². The molecule has 0 amide bonds. The molecule has 0 aliphatic carbocycles. The number of furan rings is 1. The monoisotopic (exact) mass is 219 g/mol. The van der Waals surface area contributed by atoms with Crippen LogP contribution in [0.25, 0.3) is 0 Å². The molecule has 0 spiro atoms. The normalized spacial score (nSPS) is 14.9. The highest BCUT2D eigenvalue weighted by Gasteiger charge is 2.14. The topological polar surface area (TPSA) is 43.0 Å². The second kappa shape index (κ2) is 4.53. The summed E-state index contributed by atoms with van der Waals surface area (Å²) in [4.78, 5) is 0. The zero-order valence-electron chi connectivity index (χ0n) is 9.84. The molecule has 16 heavy (non-hydrogen) atoms. The number of aryl methyl sites for hydroxylation is 1. The van der Waals surface area contributed by atoms with Crippen molar-refractivity contribution >= 4 is 0 Å². The first-order chi connectivity index (χ1) is 7.68. The average molecular weight is 219 g/mol. The van der Waals surface area contributed by atoms with Gasteiger partial charge in [0.1, 0.15) is 5.76 Å². The Bertz CT molecular complexity index is 433. The smallest absolute Gasteiger partial charge is 0.120 e. The van der Waals surface area contributed by atoms with E-state index in [0.29, 0.717) is 0 Å². The van der Waals surface area contributed by atoms with Crippen LogP contribution in [0, 0.1) is 0 Å². The van der Waals surface area contributed by atoms with E-state index in [1.807, 2.05) is 36.1 Å². The molecule has 4 nitrogen and oxygen atoms in total. The lowest BCUT2D eigenvalue weighted by atomic mass is 10.2. The zero-order valence-corrected chi connectivity index (χ0v) is 9.84. The Morgan fingerprint density at radius 2 is 2.12 bits per heavy atom. The summed E-state index contributed by atoms with van der Waals surface area (Å²) in [6.07, 6.45) is 3.51. The maximum atomic E-state index is 5.36. The van der Waals surface area contributed by atoms with E-state index < -0.39 is 0 Å². The van der Waals surface area contributed by atoms with Gasteiger partial charge in [0.25, 0.3) is 0 Å². The van der Waals surface area contributed by atoms with Gasteiger partial charge < -0.3 is 4.42 Å². The van der Waals surface area contributed by atoms with Gasteiger partial charge in [0.2, 0.25) is 0 Å². The highest BCUT2D eigenvalue weighted by molar-refractivity contribution is 5.08. The summed E-state index contributed by atoms with van der Waals surface area (Å²) >= 11 is 0. The van der Waals surface area contributed by atoms with Crippen molar-refractivity contribution in [2.75, 3.05) is 0 Å². The molecule has 0 aromatic carbocycles. The van der Waals surface area contributed by atoms with Gasteiger partial charge in [-0.3, -0.25) is 10.00 Å². The van der Waals surface area contributed by atoms with Gasteiger partial charge in [-0.05, 0) is 32.0 Å². The lowest BCUT2D eigenvalue weighted by Crippen LogP contribution is -2.23. The summed E-state index contributed by atoms with van der Waals surface area (Å²) in [5.41, 5.74) is 1.17. The van der Waals surface area contributed by atoms with E-state index in [-0.39, 0.29) is 12.1 Å². The van der Waals surface area contributed by atoms with Crippen molar-refractivity contribution in [3.63, 3.8) is 0 Å². The standard InChI is InChI=1S/C12H17N3O/c1-9(11-6-7-13-15(11)3)14-10(2)12-5-4-8-16-12/h4-10,14H,1-3H3/t9?,10-/m0/s1. The molecule has 4 heteroatoms. The van der Waals surface area contributed by atoms with Crippen molar-refractivity contribution in [3.8, 4) is 0 Å². The summed E-state index contributed by atoms with van der Waals surface area (Å²) in [6.45, 7) is 4.21. The number of rotatable bonds is 4. The molecule has 0 aliphatic rings. The minimum atomic E-state index is 0.194. The van der Waals surface area contributed by atoms with Gasteiger partial charge in [0.15, 0.2) is 0 Å². The number of hydrogen-bond donors (Lipinski definition) is 1. The van der Waals surface area contributed by atoms with Crippen LogP contribution < -0.4 is 5.32 Å². The van der Waals surface area contributed by atoms with Crippen LogP contribution in [-0.4, -0.2) is 9.78 Å². The van der Waals surface area contributed by atoms with Crippen LogP contribution in [0.4, 0.5) is 0 Å². The van der Waals surface area contributed by atoms with Crippen molar-refractivity contribution in [2.24, 2.45) is 7.05 Å². The van der Waals surface area contributed by atoms with Crippen molar-refractivity contribution in [1.29, 1.82) is 0 Å². The number of nitrogens with zero attached hydrogens (tertiary/aromatic N) is 2. The first-order valence-electron chi connectivity index (χ1n) is 5.46. The van der Waals surface area contributed by atoms with Crippen LogP contribution in [0.1, 0.15) is 37.4 Å². The minimum Gasteiger partial charge on any atom is -0.468 e. The molecule has 2 atom stereocenters. The van der Waals surface area contributed by atoms with Gasteiger partial charge in [0, 0.05) is 19.3 Å². The van der Waals surface area contributed by atoms with Crippen molar-refractivity contribution < 1.29 is 4.42 Å². The Morgan fingerprint density at radius 3 is 2.69 bits per heavy atom. The molecule has 0 radical (unpaired) electrons. The Labute approximate surface area is 95.3 Å². The molecule has 0 bridgehead atoms. The molecule has 2 heterocycles. The fraction of sp³-hybridized carbons (Fsp3) is 0.417. The lowest BCUT2D eigenvalue weighted by molar-refractivity contribution is 0.394. The van der Waals surface area contributed by atoms with Gasteiger partial charge >= 0.3 is 0 Å². The van der Waals surface area contributed by atoms with Gasteiger partial charge in [-0.2, -0.15) is 5.10 Å². The number of aromatic nitrogens is 2. The highest BCUT2D eigenvalue weighted by Crippen LogP contribution is 2.18. The van der Waals surface area contributed by atoms with E-state index >= 15 is 0 Å². The molecule has 0 aliphatic heterocycles. The first kappa shape index (κ1) is 11.0. The van der Waals surface area contributed by atoms with Gasteiger partial charge in [0.05, 0.1) is 18.0 Å². The molecule has 86 valence electrons. The second-order valence-electron chi connectivity index (χ2n) is 4.01. The third-order valence-electron chi connectivity index (χ3n) is 2.77. The van der Waals surface area contributed by atoms with Crippen LogP contribution >= 0.6 is 0 Å². The van der Waals surface area contributed by atoms with E-state index in [2.05, 4.69) is 24.3 Å². The molecule has 1 N–H and O–H groups in total. The third-order valence-corrected chi connectivity index (χ3v) is 2.77. The van der Waals surface area contributed by atoms with Gasteiger partial charge in [-0.15, -0.1) is 0 Å². The molecular formula is C12H17N3O. The number of nitrogens with one attached hydrogen (secondary N) is 1. The Kier molecular flexibility index (Phi) is 3.10. The number of hydrogen-bond acceptors (Lipinski definition) is 3. The Hall–Kier alpha value is -1.55. The van der Waals surface area contributed by atoms with Crippen LogP contribution in [0.15, 0.2) is 35.1 Å². The Balaban J connectivity index is 2.03. The van der Waals surface area contributed by atoms with E-state index in [1.165, 1.54) is 5.69 Å². The van der Waals surface area contributed by atoms with Gasteiger partial charge in [-0.25, -0.2) is 0 Å². The molecule has 2 aromatic rings. The maximum absolute atomic E-state index is 5.36. The van der Waals surface area contributed by atoms with Crippen molar-refractivity contribution in [3.05, 3.63) is 42.1 Å².